The topological polar surface area (TPSA) is 195 Å². The van der Waals surface area contributed by atoms with Crippen molar-refractivity contribution in [2.45, 2.75) is 32.5 Å². The number of nitrogens with two attached hydrogens (primary N) is 1. The lowest BCUT2D eigenvalue weighted by molar-refractivity contribution is -0.137. The van der Waals surface area contributed by atoms with Gasteiger partial charge < -0.3 is 30.4 Å². The van der Waals surface area contributed by atoms with E-state index in [9.17, 15) is 33.9 Å². The molecule has 2 atom stereocenters. The first kappa shape index (κ1) is 29.5. The van der Waals surface area contributed by atoms with Crippen molar-refractivity contribution in [3.63, 3.8) is 0 Å². The number of anilines is 1. The molecule has 4 amide bonds. The van der Waals surface area contributed by atoms with Crippen LogP contribution in [-0.2, 0) is 24.7 Å². The number of benzene rings is 3. The van der Waals surface area contributed by atoms with Gasteiger partial charge in [-0.15, -0.1) is 0 Å². The number of imide groups is 1. The smallest absolute Gasteiger partial charge is 0.405 e. The summed E-state index contributed by atoms with van der Waals surface area (Å²) in [5, 5.41) is 13.4. The van der Waals surface area contributed by atoms with E-state index < -0.39 is 64.9 Å². The van der Waals surface area contributed by atoms with E-state index in [-0.39, 0.29) is 11.3 Å². The number of carbonyl (C=O) groups is 6. The van der Waals surface area contributed by atoms with Gasteiger partial charge in [0.05, 0.1) is 5.69 Å². The number of hydrogen-bond acceptors (Lipinski definition) is 10. The number of urea groups is 1. The second kappa shape index (κ2) is 11.2. The predicted molar refractivity (Wildman–Crippen MR) is 146 cm³/mol. The molecule has 1 saturated heterocycles. The van der Waals surface area contributed by atoms with E-state index in [1.54, 1.807) is 42.5 Å². The van der Waals surface area contributed by atoms with Gasteiger partial charge in [-0.1, -0.05) is 36.4 Å². The van der Waals surface area contributed by atoms with Crippen LogP contribution in [0.15, 0.2) is 54.6 Å². The summed E-state index contributed by atoms with van der Waals surface area (Å²) in [6.07, 6.45) is -3.45. The lowest BCUT2D eigenvalue weighted by atomic mass is 9.82. The van der Waals surface area contributed by atoms with Crippen molar-refractivity contribution < 1.29 is 48.1 Å². The monoisotopic (exact) mass is 578 g/mol. The molecule has 0 radical (unpaired) electrons. The Kier molecular flexibility index (Phi) is 7.84. The van der Waals surface area contributed by atoms with Gasteiger partial charge in [0.1, 0.15) is 6.17 Å². The third-order valence-electron chi connectivity index (χ3n) is 6.42. The minimum atomic E-state index is -2.47. The van der Waals surface area contributed by atoms with E-state index in [1.165, 1.54) is 0 Å². The van der Waals surface area contributed by atoms with Crippen molar-refractivity contribution in [2.24, 2.45) is 5.73 Å². The first-order valence-electron chi connectivity index (χ1n) is 12.4. The SMILES string of the molecule is CC(=O)Oc1cc(C2(NC(=O)O)C(=O)N(C)C(=O)N(c3cccc4ccccc34)C2N)cc(OC(C)=O)c1OC(C)=O. The largest absolute Gasteiger partial charge is 0.465 e. The number of nitrogens with zero attached hydrogens (tertiary/aromatic N) is 2. The molecule has 1 aliphatic heterocycles. The molecule has 1 aliphatic rings. The number of esters is 3. The first-order chi connectivity index (χ1) is 19.8. The van der Waals surface area contributed by atoms with E-state index in [2.05, 4.69) is 5.32 Å². The highest BCUT2D eigenvalue weighted by molar-refractivity contribution is 6.14. The van der Waals surface area contributed by atoms with E-state index in [4.69, 9.17) is 19.9 Å². The highest BCUT2D eigenvalue weighted by atomic mass is 16.6. The Morgan fingerprint density at radius 3 is 1.98 bits per heavy atom. The summed E-state index contributed by atoms with van der Waals surface area (Å²) in [5.41, 5.74) is 4.16. The number of carbonyl (C=O) groups excluding carboxylic acids is 5. The van der Waals surface area contributed by atoms with Gasteiger partial charge in [0.25, 0.3) is 5.91 Å². The van der Waals surface area contributed by atoms with Crippen molar-refractivity contribution >= 4 is 52.4 Å². The van der Waals surface area contributed by atoms with E-state index in [1.807, 2.05) is 0 Å². The Morgan fingerprint density at radius 1 is 0.881 bits per heavy atom. The van der Waals surface area contributed by atoms with Crippen LogP contribution in [0.4, 0.5) is 15.3 Å². The van der Waals surface area contributed by atoms with Crippen LogP contribution >= 0.6 is 0 Å². The molecule has 0 saturated carbocycles. The summed E-state index contributed by atoms with van der Waals surface area (Å²) in [6.45, 7) is 3.11. The number of rotatable bonds is 6. The molecule has 3 aromatic carbocycles. The molecule has 4 N–H and O–H groups in total. The minimum Gasteiger partial charge on any atom is -0.465 e. The molecular weight excluding hydrogens is 552 g/mol. The number of likely N-dealkylation sites (N-methyl/N-ethyl adjacent to an activating group) is 1. The van der Waals surface area contributed by atoms with Gasteiger partial charge in [-0.25, -0.2) is 9.59 Å². The number of ether oxygens (including phenoxy) is 3. The summed E-state index contributed by atoms with van der Waals surface area (Å²) >= 11 is 0. The highest BCUT2D eigenvalue weighted by Crippen LogP contribution is 2.45. The molecule has 0 aliphatic carbocycles. The Hall–Kier alpha value is -5.50. The van der Waals surface area contributed by atoms with Crippen LogP contribution in [0, 0.1) is 0 Å². The standard InChI is InChI=1S/C28H26N4O10/c1-14(33)40-21-12-18(13-22(41-15(2)34)23(21)42-16(3)35)28(30-26(37)38)24(29)32(27(39)31(4)25(28)36)20-11-7-9-17-8-5-6-10-19(17)20/h5-13,24,30H,29H2,1-4H3,(H,37,38). The maximum atomic E-state index is 13.9. The fraction of sp³-hybridized carbons (Fsp3) is 0.214. The molecule has 42 heavy (non-hydrogen) atoms. The molecule has 0 spiro atoms. The zero-order valence-electron chi connectivity index (χ0n) is 22.9. The van der Waals surface area contributed by atoms with Crippen molar-refractivity contribution in [3.8, 4) is 17.2 Å². The summed E-state index contributed by atoms with van der Waals surface area (Å²) < 4.78 is 15.6. The minimum absolute atomic E-state index is 0.262. The van der Waals surface area contributed by atoms with Gasteiger partial charge in [-0.2, -0.15) is 0 Å². The molecule has 14 nitrogen and oxygen atoms in total. The van der Waals surface area contributed by atoms with Crippen LogP contribution in [-0.4, -0.2) is 59.2 Å². The van der Waals surface area contributed by atoms with E-state index in [0.29, 0.717) is 10.3 Å². The molecule has 0 bridgehead atoms. The average Bonchev–Trinajstić information content (AvgIpc) is 2.91. The molecule has 14 heteroatoms. The summed E-state index contributed by atoms with van der Waals surface area (Å²) in [6, 6.07) is 13.3. The van der Waals surface area contributed by atoms with Gasteiger partial charge in [0.15, 0.2) is 17.0 Å². The van der Waals surface area contributed by atoms with Crippen molar-refractivity contribution in [2.75, 3.05) is 11.9 Å². The number of fused-ring (bicyclic) bond motifs is 1. The van der Waals surface area contributed by atoms with E-state index in [0.717, 1.165) is 50.2 Å². The average molecular weight is 579 g/mol. The lowest BCUT2D eigenvalue weighted by Gasteiger charge is -2.49. The summed E-state index contributed by atoms with van der Waals surface area (Å²) in [5.74, 6) is -5.22. The van der Waals surface area contributed by atoms with Gasteiger partial charge in [0, 0.05) is 33.2 Å². The van der Waals surface area contributed by atoms with Crippen LogP contribution in [0.3, 0.4) is 0 Å². The molecule has 218 valence electrons. The lowest BCUT2D eigenvalue weighted by Crippen LogP contribution is -2.76. The zero-order valence-corrected chi connectivity index (χ0v) is 22.9. The summed E-state index contributed by atoms with van der Waals surface area (Å²) in [7, 11) is 1.14. The van der Waals surface area contributed by atoms with Crippen molar-refractivity contribution in [1.29, 1.82) is 0 Å². The van der Waals surface area contributed by atoms with Gasteiger partial charge >= 0.3 is 30.0 Å². The second-order valence-electron chi connectivity index (χ2n) is 9.28. The van der Waals surface area contributed by atoms with Gasteiger partial charge in [-0.3, -0.25) is 29.0 Å². The third kappa shape index (κ3) is 5.17. The predicted octanol–water partition coefficient (Wildman–Crippen LogP) is 2.46. The fourth-order valence-corrected chi connectivity index (χ4v) is 4.80. The van der Waals surface area contributed by atoms with Crippen LogP contribution in [0.25, 0.3) is 10.8 Å². The second-order valence-corrected chi connectivity index (χ2v) is 9.28. The van der Waals surface area contributed by atoms with Crippen LogP contribution < -0.4 is 30.2 Å². The van der Waals surface area contributed by atoms with E-state index >= 15 is 0 Å². The Bertz CT molecular complexity index is 1610. The quantitative estimate of drug-likeness (QED) is 0.287. The maximum Gasteiger partial charge on any atom is 0.405 e. The first-order valence-corrected chi connectivity index (χ1v) is 12.4. The normalized spacial score (nSPS) is 18.5. The number of nitrogens with one attached hydrogen (secondary N) is 1. The highest BCUT2D eigenvalue weighted by Gasteiger charge is 2.58. The van der Waals surface area contributed by atoms with Crippen molar-refractivity contribution in [3.05, 3.63) is 60.2 Å². The summed E-state index contributed by atoms with van der Waals surface area (Å²) in [4.78, 5) is 77.3. The maximum absolute atomic E-state index is 13.9. The fourth-order valence-electron chi connectivity index (χ4n) is 4.80. The molecule has 2 unspecified atom stereocenters. The van der Waals surface area contributed by atoms with Crippen LogP contribution in [0.5, 0.6) is 17.2 Å². The molecular formula is C28H26N4O10. The molecule has 0 aromatic heterocycles. The van der Waals surface area contributed by atoms with Crippen LogP contribution in [0.2, 0.25) is 0 Å². The molecule has 4 rings (SSSR count). The van der Waals surface area contributed by atoms with Gasteiger partial charge in [-0.05, 0) is 29.1 Å². The van der Waals surface area contributed by atoms with Crippen molar-refractivity contribution in [1.82, 2.24) is 10.2 Å². The number of carboxylic acid groups (broad SMARTS) is 1. The molecule has 3 aromatic rings. The van der Waals surface area contributed by atoms with Gasteiger partial charge in [0.2, 0.25) is 5.75 Å². The Balaban J connectivity index is 2.06. The zero-order chi connectivity index (χ0) is 30.9. The number of amides is 4. The van der Waals surface area contributed by atoms with Crippen LogP contribution in [0.1, 0.15) is 26.3 Å². The Labute approximate surface area is 238 Å². The molecule has 1 heterocycles. The third-order valence-corrected chi connectivity index (χ3v) is 6.42. The molecule has 1 fully saturated rings. The Morgan fingerprint density at radius 2 is 1.43 bits per heavy atom. The number of hydrogen-bond donors (Lipinski definition) is 3.